The highest BCUT2D eigenvalue weighted by molar-refractivity contribution is 8.00. The number of nitrogens with zero attached hydrogens (tertiary/aromatic N) is 2. The standard InChI is InChI=1S/C18H23FN4OS/c1-20-18(22-11-16-3-2-10-25-16)21-9-8-15-12-24-17(23-15)13-4-6-14(19)7-5-13/h4-7,12,16H,2-3,8-11H2,1H3,(H2,20,21,22). The van der Waals surface area contributed by atoms with Crippen molar-refractivity contribution < 1.29 is 8.81 Å². The summed E-state index contributed by atoms with van der Waals surface area (Å²) in [5.74, 6) is 2.32. The maximum atomic E-state index is 13.0. The molecule has 1 fully saturated rings. The fraction of sp³-hybridized carbons (Fsp3) is 0.444. The highest BCUT2D eigenvalue weighted by Crippen LogP contribution is 2.25. The highest BCUT2D eigenvalue weighted by atomic mass is 32.2. The van der Waals surface area contributed by atoms with Gasteiger partial charge in [-0.25, -0.2) is 9.37 Å². The van der Waals surface area contributed by atoms with E-state index in [4.69, 9.17) is 4.42 Å². The Morgan fingerprint density at radius 2 is 2.20 bits per heavy atom. The number of benzene rings is 1. The molecule has 134 valence electrons. The van der Waals surface area contributed by atoms with Gasteiger partial charge in [0, 0.05) is 37.4 Å². The molecule has 5 nitrogen and oxygen atoms in total. The van der Waals surface area contributed by atoms with E-state index in [9.17, 15) is 4.39 Å². The molecule has 1 aliphatic heterocycles. The van der Waals surface area contributed by atoms with E-state index in [0.29, 0.717) is 17.7 Å². The van der Waals surface area contributed by atoms with E-state index < -0.39 is 0 Å². The first-order valence-corrected chi connectivity index (χ1v) is 9.56. The Bertz CT molecular complexity index is 695. The predicted molar refractivity (Wildman–Crippen MR) is 100 cm³/mol. The van der Waals surface area contributed by atoms with Crippen molar-refractivity contribution in [3.8, 4) is 11.5 Å². The van der Waals surface area contributed by atoms with Crippen LogP contribution in [0.4, 0.5) is 4.39 Å². The molecule has 2 N–H and O–H groups in total. The Morgan fingerprint density at radius 3 is 2.92 bits per heavy atom. The molecule has 0 spiro atoms. The second-order valence-electron chi connectivity index (χ2n) is 5.92. The molecule has 3 rings (SSSR count). The Kier molecular flexibility index (Phi) is 6.33. The average molecular weight is 362 g/mol. The van der Waals surface area contributed by atoms with Crippen LogP contribution >= 0.6 is 11.8 Å². The number of halogens is 1. The zero-order valence-corrected chi connectivity index (χ0v) is 15.1. The first-order valence-electron chi connectivity index (χ1n) is 8.51. The summed E-state index contributed by atoms with van der Waals surface area (Å²) in [6.07, 6.45) is 4.96. The van der Waals surface area contributed by atoms with Crippen LogP contribution in [-0.4, -0.2) is 42.1 Å². The van der Waals surface area contributed by atoms with Crippen LogP contribution in [0.2, 0.25) is 0 Å². The van der Waals surface area contributed by atoms with Crippen LogP contribution in [0.25, 0.3) is 11.5 Å². The van der Waals surface area contributed by atoms with E-state index in [2.05, 4.69) is 20.6 Å². The molecule has 1 unspecified atom stereocenters. The molecule has 1 aromatic heterocycles. The van der Waals surface area contributed by atoms with Gasteiger partial charge < -0.3 is 15.1 Å². The molecule has 0 saturated carbocycles. The van der Waals surface area contributed by atoms with Gasteiger partial charge in [-0.1, -0.05) is 0 Å². The van der Waals surface area contributed by atoms with Gasteiger partial charge in [0.25, 0.3) is 0 Å². The molecule has 25 heavy (non-hydrogen) atoms. The van der Waals surface area contributed by atoms with E-state index in [0.717, 1.165) is 30.2 Å². The van der Waals surface area contributed by atoms with Gasteiger partial charge in [-0.05, 0) is 42.9 Å². The summed E-state index contributed by atoms with van der Waals surface area (Å²) < 4.78 is 18.4. The van der Waals surface area contributed by atoms with Gasteiger partial charge in [0.2, 0.25) is 5.89 Å². The van der Waals surface area contributed by atoms with Gasteiger partial charge in [0.05, 0.1) is 5.69 Å². The molecule has 2 heterocycles. The van der Waals surface area contributed by atoms with Gasteiger partial charge in [0.1, 0.15) is 12.1 Å². The molecule has 0 radical (unpaired) electrons. The van der Waals surface area contributed by atoms with Crippen molar-refractivity contribution in [2.75, 3.05) is 25.9 Å². The molecule has 2 aromatic rings. The van der Waals surface area contributed by atoms with Crippen molar-refractivity contribution in [2.45, 2.75) is 24.5 Å². The lowest BCUT2D eigenvalue weighted by Gasteiger charge is -2.14. The number of thioether (sulfide) groups is 1. The number of guanidine groups is 1. The maximum absolute atomic E-state index is 13.0. The summed E-state index contributed by atoms with van der Waals surface area (Å²) in [5, 5.41) is 7.36. The fourth-order valence-electron chi connectivity index (χ4n) is 2.69. The van der Waals surface area contributed by atoms with Crippen molar-refractivity contribution in [3.63, 3.8) is 0 Å². The molecule has 0 amide bonds. The van der Waals surface area contributed by atoms with E-state index in [1.165, 1.54) is 30.7 Å². The maximum Gasteiger partial charge on any atom is 0.226 e. The van der Waals surface area contributed by atoms with Crippen molar-refractivity contribution in [1.29, 1.82) is 0 Å². The predicted octanol–water partition coefficient (Wildman–Crippen LogP) is 3.08. The van der Waals surface area contributed by atoms with Crippen LogP contribution in [0.5, 0.6) is 0 Å². The second kappa shape index (κ2) is 8.89. The lowest BCUT2D eigenvalue weighted by molar-refractivity contribution is 0.571. The van der Waals surface area contributed by atoms with E-state index in [1.807, 2.05) is 11.8 Å². The minimum atomic E-state index is -0.269. The molecule has 1 aromatic carbocycles. The van der Waals surface area contributed by atoms with Gasteiger partial charge in [-0.15, -0.1) is 0 Å². The fourth-order valence-corrected chi connectivity index (χ4v) is 3.89. The minimum absolute atomic E-state index is 0.269. The molecule has 1 aliphatic rings. The topological polar surface area (TPSA) is 62.5 Å². The smallest absolute Gasteiger partial charge is 0.226 e. The zero-order valence-electron chi connectivity index (χ0n) is 14.3. The molecule has 1 saturated heterocycles. The third-order valence-corrected chi connectivity index (χ3v) is 5.46. The van der Waals surface area contributed by atoms with Crippen molar-refractivity contribution in [2.24, 2.45) is 4.99 Å². The molecule has 0 bridgehead atoms. The number of aromatic nitrogens is 1. The zero-order chi connectivity index (χ0) is 17.5. The minimum Gasteiger partial charge on any atom is -0.444 e. The molecule has 7 heteroatoms. The highest BCUT2D eigenvalue weighted by Gasteiger charge is 2.15. The Labute approximate surface area is 151 Å². The van der Waals surface area contributed by atoms with E-state index in [1.54, 1.807) is 25.4 Å². The number of hydrogen-bond acceptors (Lipinski definition) is 4. The number of rotatable bonds is 6. The Hall–Kier alpha value is -2.02. The van der Waals surface area contributed by atoms with Crippen LogP contribution < -0.4 is 10.6 Å². The Balaban J connectivity index is 1.44. The summed E-state index contributed by atoms with van der Waals surface area (Å²) in [6.45, 7) is 1.66. The lowest BCUT2D eigenvalue weighted by atomic mass is 10.2. The quantitative estimate of drug-likeness (QED) is 0.611. The lowest BCUT2D eigenvalue weighted by Crippen LogP contribution is -2.40. The third-order valence-electron chi connectivity index (χ3n) is 4.06. The second-order valence-corrected chi connectivity index (χ2v) is 7.32. The monoisotopic (exact) mass is 362 g/mol. The van der Waals surface area contributed by atoms with E-state index in [-0.39, 0.29) is 5.82 Å². The summed E-state index contributed by atoms with van der Waals surface area (Å²) >= 11 is 2.03. The summed E-state index contributed by atoms with van der Waals surface area (Å²) in [4.78, 5) is 8.70. The SMILES string of the molecule is CN=C(NCCc1coc(-c2ccc(F)cc2)n1)NCC1CCCS1. The van der Waals surface area contributed by atoms with Gasteiger partial charge >= 0.3 is 0 Å². The first kappa shape index (κ1) is 17.8. The van der Waals surface area contributed by atoms with Gasteiger partial charge in [0.15, 0.2) is 5.96 Å². The Morgan fingerprint density at radius 1 is 1.36 bits per heavy atom. The van der Waals surface area contributed by atoms with Crippen molar-refractivity contribution in [1.82, 2.24) is 15.6 Å². The van der Waals surface area contributed by atoms with Crippen LogP contribution in [-0.2, 0) is 6.42 Å². The van der Waals surface area contributed by atoms with E-state index >= 15 is 0 Å². The molecule has 1 atom stereocenters. The molecular formula is C18H23FN4OS. The normalized spacial score (nSPS) is 17.7. The largest absolute Gasteiger partial charge is 0.444 e. The summed E-state index contributed by atoms with van der Waals surface area (Å²) in [6, 6.07) is 6.13. The third kappa shape index (κ3) is 5.22. The van der Waals surface area contributed by atoms with Gasteiger partial charge in [-0.2, -0.15) is 11.8 Å². The van der Waals surface area contributed by atoms with Gasteiger partial charge in [-0.3, -0.25) is 4.99 Å². The molecule has 0 aliphatic carbocycles. The van der Waals surface area contributed by atoms with Crippen LogP contribution in [0.3, 0.4) is 0 Å². The number of oxazole rings is 1. The number of nitrogens with one attached hydrogen (secondary N) is 2. The van der Waals surface area contributed by atoms with Crippen LogP contribution in [0.1, 0.15) is 18.5 Å². The number of aliphatic imine (C=N–C) groups is 1. The first-order chi connectivity index (χ1) is 12.2. The number of hydrogen-bond donors (Lipinski definition) is 2. The van der Waals surface area contributed by atoms with Crippen molar-refractivity contribution in [3.05, 3.63) is 42.0 Å². The van der Waals surface area contributed by atoms with Crippen molar-refractivity contribution >= 4 is 17.7 Å². The summed E-state index contributed by atoms with van der Waals surface area (Å²) in [5.41, 5.74) is 1.63. The molecular weight excluding hydrogens is 339 g/mol. The van der Waals surface area contributed by atoms with Crippen LogP contribution in [0, 0.1) is 5.82 Å². The average Bonchev–Trinajstić information content (AvgIpc) is 3.30. The summed E-state index contributed by atoms with van der Waals surface area (Å²) in [7, 11) is 1.78. The van der Waals surface area contributed by atoms with Crippen LogP contribution in [0.15, 0.2) is 39.9 Å².